The van der Waals surface area contributed by atoms with Crippen molar-refractivity contribution in [2.45, 2.75) is 52.9 Å². The third kappa shape index (κ3) is 5.09. The van der Waals surface area contributed by atoms with Crippen molar-refractivity contribution in [1.29, 1.82) is 0 Å². The van der Waals surface area contributed by atoms with E-state index in [2.05, 4.69) is 57.3 Å². The van der Waals surface area contributed by atoms with E-state index < -0.39 is 0 Å². The lowest BCUT2D eigenvalue weighted by Crippen LogP contribution is -2.21. The van der Waals surface area contributed by atoms with Crippen LogP contribution in [0.1, 0.15) is 56.7 Å². The Hall–Kier alpha value is -2.29. The molecule has 1 amide bonds. The summed E-state index contributed by atoms with van der Waals surface area (Å²) in [6.07, 6.45) is 2.89. The van der Waals surface area contributed by atoms with E-state index in [4.69, 9.17) is 4.74 Å². The first-order valence-corrected chi connectivity index (χ1v) is 9.22. The minimum atomic E-state index is -0.124. The monoisotopic (exact) mass is 339 g/mol. The molecule has 0 aliphatic rings. The number of ether oxygens (including phenoxy) is 1. The molecule has 0 spiro atoms. The molecule has 25 heavy (non-hydrogen) atoms. The zero-order valence-electron chi connectivity index (χ0n) is 15.8. The summed E-state index contributed by atoms with van der Waals surface area (Å²) in [6, 6.07) is 14.2. The van der Waals surface area contributed by atoms with Crippen LogP contribution in [0.15, 0.2) is 42.5 Å². The number of hydrogen-bond acceptors (Lipinski definition) is 2. The number of rotatable bonds is 8. The smallest absolute Gasteiger partial charge is 0.262 e. The van der Waals surface area contributed by atoms with Crippen LogP contribution < -0.4 is 10.1 Å². The molecule has 0 fully saturated rings. The number of hydrogen-bond donors (Lipinski definition) is 1. The summed E-state index contributed by atoms with van der Waals surface area (Å²) in [5, 5.41) is 3.03. The molecule has 2 rings (SSSR count). The van der Waals surface area contributed by atoms with Crippen LogP contribution in [0.3, 0.4) is 0 Å². The van der Waals surface area contributed by atoms with Crippen molar-refractivity contribution < 1.29 is 9.53 Å². The lowest BCUT2D eigenvalue weighted by molar-refractivity contribution is -0.118. The van der Waals surface area contributed by atoms with Crippen molar-refractivity contribution >= 4 is 11.6 Å². The van der Waals surface area contributed by atoms with Gasteiger partial charge in [0.1, 0.15) is 5.75 Å². The van der Waals surface area contributed by atoms with E-state index in [0.29, 0.717) is 5.92 Å². The molecule has 0 saturated carbocycles. The second-order valence-corrected chi connectivity index (χ2v) is 6.37. The molecular weight excluding hydrogens is 310 g/mol. The number of benzene rings is 2. The molecule has 0 saturated heterocycles. The predicted octanol–water partition coefficient (Wildman–Crippen LogP) is 5.34. The lowest BCUT2D eigenvalue weighted by Gasteiger charge is -2.15. The van der Waals surface area contributed by atoms with Crippen LogP contribution in [-0.2, 0) is 17.6 Å². The minimum Gasteiger partial charge on any atom is -0.484 e. The highest BCUT2D eigenvalue weighted by atomic mass is 16.5. The van der Waals surface area contributed by atoms with Crippen LogP contribution in [0.2, 0.25) is 0 Å². The third-order valence-electron chi connectivity index (χ3n) is 4.69. The van der Waals surface area contributed by atoms with E-state index in [1.807, 2.05) is 18.2 Å². The zero-order valence-corrected chi connectivity index (χ0v) is 15.8. The molecule has 0 aliphatic heterocycles. The second kappa shape index (κ2) is 9.26. The number of anilines is 1. The van der Waals surface area contributed by atoms with Gasteiger partial charge in [-0.2, -0.15) is 0 Å². The van der Waals surface area contributed by atoms with Gasteiger partial charge in [0, 0.05) is 5.69 Å². The highest BCUT2D eigenvalue weighted by molar-refractivity contribution is 5.93. The van der Waals surface area contributed by atoms with E-state index in [1.54, 1.807) is 0 Å². The Kier molecular flexibility index (Phi) is 7.05. The average Bonchev–Trinajstić information content (AvgIpc) is 2.66. The van der Waals surface area contributed by atoms with Gasteiger partial charge in [0.25, 0.3) is 5.91 Å². The Balaban J connectivity index is 1.97. The van der Waals surface area contributed by atoms with Crippen LogP contribution in [-0.4, -0.2) is 12.5 Å². The standard InChI is InChI=1S/C22H29NO2/c1-5-16(4)19-11-13-20(14-12-19)25-15-21(24)23-22-17(6-2)9-8-10-18(22)7-3/h8-14,16H,5-7,15H2,1-4H3,(H,23,24)/t16-/m1/s1. The molecule has 0 aromatic heterocycles. The first-order valence-electron chi connectivity index (χ1n) is 9.22. The van der Waals surface area contributed by atoms with E-state index in [0.717, 1.165) is 41.8 Å². The maximum Gasteiger partial charge on any atom is 0.262 e. The molecule has 2 aromatic carbocycles. The molecule has 0 unspecified atom stereocenters. The fourth-order valence-corrected chi connectivity index (χ4v) is 2.86. The summed E-state index contributed by atoms with van der Waals surface area (Å²) in [4.78, 5) is 12.3. The summed E-state index contributed by atoms with van der Waals surface area (Å²) in [5.41, 5.74) is 4.55. The Morgan fingerprint density at radius 2 is 1.60 bits per heavy atom. The van der Waals surface area contributed by atoms with Crippen molar-refractivity contribution in [2.75, 3.05) is 11.9 Å². The fraction of sp³-hybridized carbons (Fsp3) is 0.409. The molecule has 0 aliphatic carbocycles. The molecule has 3 nitrogen and oxygen atoms in total. The number of para-hydroxylation sites is 1. The lowest BCUT2D eigenvalue weighted by atomic mass is 9.99. The van der Waals surface area contributed by atoms with Crippen LogP contribution in [0, 0.1) is 0 Å². The van der Waals surface area contributed by atoms with Gasteiger partial charge in [-0.25, -0.2) is 0 Å². The molecule has 0 radical (unpaired) electrons. The largest absolute Gasteiger partial charge is 0.484 e. The zero-order chi connectivity index (χ0) is 18.2. The number of carbonyl (C=O) groups is 1. The topological polar surface area (TPSA) is 38.3 Å². The quantitative estimate of drug-likeness (QED) is 0.705. The molecule has 1 atom stereocenters. The van der Waals surface area contributed by atoms with Gasteiger partial charge in [-0.05, 0) is 54.0 Å². The maximum atomic E-state index is 12.3. The number of nitrogens with one attached hydrogen (secondary N) is 1. The molecule has 3 heteroatoms. The van der Waals surface area contributed by atoms with Gasteiger partial charge in [0.05, 0.1) is 0 Å². The highest BCUT2D eigenvalue weighted by Gasteiger charge is 2.11. The first-order chi connectivity index (χ1) is 12.1. The van der Waals surface area contributed by atoms with Gasteiger partial charge >= 0.3 is 0 Å². The number of amides is 1. The predicted molar refractivity (Wildman–Crippen MR) is 104 cm³/mol. The van der Waals surface area contributed by atoms with Crippen molar-refractivity contribution in [1.82, 2.24) is 0 Å². The molecule has 134 valence electrons. The highest BCUT2D eigenvalue weighted by Crippen LogP contribution is 2.23. The molecule has 2 aromatic rings. The van der Waals surface area contributed by atoms with E-state index in [9.17, 15) is 4.79 Å². The Bertz CT molecular complexity index is 669. The summed E-state index contributed by atoms with van der Waals surface area (Å²) in [5.74, 6) is 1.14. The van der Waals surface area contributed by atoms with Crippen molar-refractivity contribution in [3.8, 4) is 5.75 Å². The van der Waals surface area contributed by atoms with Crippen LogP contribution >= 0.6 is 0 Å². The van der Waals surface area contributed by atoms with Crippen molar-refractivity contribution in [3.05, 3.63) is 59.2 Å². The maximum absolute atomic E-state index is 12.3. The summed E-state index contributed by atoms with van der Waals surface area (Å²) in [6.45, 7) is 8.60. The molecule has 1 N–H and O–H groups in total. The van der Waals surface area contributed by atoms with E-state index in [1.165, 1.54) is 5.56 Å². The van der Waals surface area contributed by atoms with Gasteiger partial charge in [-0.3, -0.25) is 4.79 Å². The van der Waals surface area contributed by atoms with Gasteiger partial charge < -0.3 is 10.1 Å². The van der Waals surface area contributed by atoms with Crippen LogP contribution in [0.5, 0.6) is 5.75 Å². The van der Waals surface area contributed by atoms with Gasteiger partial charge in [-0.1, -0.05) is 58.0 Å². The summed E-state index contributed by atoms with van der Waals surface area (Å²) < 4.78 is 5.64. The fourth-order valence-electron chi connectivity index (χ4n) is 2.86. The van der Waals surface area contributed by atoms with Crippen LogP contribution in [0.25, 0.3) is 0 Å². The van der Waals surface area contributed by atoms with Crippen LogP contribution in [0.4, 0.5) is 5.69 Å². The SMILES string of the molecule is CCc1cccc(CC)c1NC(=O)COc1ccc([C@H](C)CC)cc1. The molecular formula is C22H29NO2. The second-order valence-electron chi connectivity index (χ2n) is 6.37. The Morgan fingerprint density at radius 1 is 1.00 bits per heavy atom. The summed E-state index contributed by atoms with van der Waals surface area (Å²) in [7, 11) is 0. The normalized spacial score (nSPS) is 11.8. The number of carbonyl (C=O) groups excluding carboxylic acids is 1. The molecule has 0 heterocycles. The van der Waals surface area contributed by atoms with E-state index in [-0.39, 0.29) is 12.5 Å². The Morgan fingerprint density at radius 3 is 2.12 bits per heavy atom. The van der Waals surface area contributed by atoms with E-state index >= 15 is 0 Å². The van der Waals surface area contributed by atoms with Gasteiger partial charge in [-0.15, -0.1) is 0 Å². The Labute approximate surface area is 151 Å². The molecule has 0 bridgehead atoms. The minimum absolute atomic E-state index is 0.0177. The third-order valence-corrected chi connectivity index (χ3v) is 4.69. The van der Waals surface area contributed by atoms with Gasteiger partial charge in [0.15, 0.2) is 6.61 Å². The number of aryl methyl sites for hydroxylation is 2. The average molecular weight is 339 g/mol. The summed E-state index contributed by atoms with van der Waals surface area (Å²) >= 11 is 0. The van der Waals surface area contributed by atoms with Crippen molar-refractivity contribution in [3.63, 3.8) is 0 Å². The first kappa shape index (κ1) is 19.0. The van der Waals surface area contributed by atoms with Gasteiger partial charge in [0.2, 0.25) is 0 Å². The van der Waals surface area contributed by atoms with Crippen molar-refractivity contribution in [2.24, 2.45) is 0 Å².